The Bertz CT molecular complexity index is 626. The molecule has 1 amide bonds. The molecule has 0 fully saturated rings. The molecule has 6 nitrogen and oxygen atoms in total. The average Bonchev–Trinajstić information content (AvgIpc) is 2.87. The highest BCUT2D eigenvalue weighted by atomic mass is 16.5. The molecular formula is C15H20N4O2. The zero-order chi connectivity index (χ0) is 15.4. The Labute approximate surface area is 123 Å². The number of nitrogens with zero attached hydrogens (tertiary/aromatic N) is 2. The SMILES string of the molecule is CCCCOc1cc(C)c(-c2n[nH]nc2C(N)=O)c(C)c1. The van der Waals surface area contributed by atoms with Gasteiger partial charge in [-0.05, 0) is 43.5 Å². The highest BCUT2D eigenvalue weighted by molar-refractivity contribution is 5.97. The minimum absolute atomic E-state index is 0.154. The van der Waals surface area contributed by atoms with Crippen LogP contribution in [0.15, 0.2) is 12.1 Å². The standard InChI is InChI=1S/C15H20N4O2/c1-4-5-6-21-11-7-9(2)12(10(3)8-11)13-14(15(16)20)18-19-17-13/h7-8H,4-6H2,1-3H3,(H2,16,20)(H,17,18,19). The number of carbonyl (C=O) groups is 1. The summed E-state index contributed by atoms with van der Waals surface area (Å²) in [5.74, 6) is 0.229. The van der Waals surface area contributed by atoms with Crippen LogP contribution in [-0.2, 0) is 0 Å². The first kappa shape index (κ1) is 15.0. The molecule has 0 aliphatic heterocycles. The molecule has 112 valence electrons. The van der Waals surface area contributed by atoms with Gasteiger partial charge in [0.1, 0.15) is 11.4 Å². The molecule has 0 radical (unpaired) electrons. The van der Waals surface area contributed by atoms with Crippen LogP contribution in [0.3, 0.4) is 0 Å². The van der Waals surface area contributed by atoms with Crippen molar-refractivity contribution >= 4 is 5.91 Å². The Morgan fingerprint density at radius 1 is 1.29 bits per heavy atom. The predicted molar refractivity (Wildman–Crippen MR) is 80.2 cm³/mol. The van der Waals surface area contributed by atoms with Gasteiger partial charge in [-0.15, -0.1) is 0 Å². The van der Waals surface area contributed by atoms with Gasteiger partial charge in [0.05, 0.1) is 6.61 Å². The van der Waals surface area contributed by atoms with Gasteiger partial charge in [0.15, 0.2) is 5.69 Å². The summed E-state index contributed by atoms with van der Waals surface area (Å²) >= 11 is 0. The van der Waals surface area contributed by atoms with Crippen LogP contribution in [-0.4, -0.2) is 27.9 Å². The van der Waals surface area contributed by atoms with Crippen LogP contribution >= 0.6 is 0 Å². The Kier molecular flexibility index (Phi) is 4.57. The maximum Gasteiger partial charge on any atom is 0.271 e. The monoisotopic (exact) mass is 288 g/mol. The molecule has 1 aromatic heterocycles. The number of H-pyrrole nitrogens is 1. The first-order chi connectivity index (χ1) is 10.0. The molecule has 6 heteroatoms. The number of amides is 1. The molecule has 0 bridgehead atoms. The number of aromatic nitrogens is 3. The lowest BCUT2D eigenvalue weighted by molar-refractivity contribution is 0.0996. The lowest BCUT2D eigenvalue weighted by atomic mass is 9.98. The summed E-state index contributed by atoms with van der Waals surface area (Å²) in [5, 5.41) is 10.3. The lowest BCUT2D eigenvalue weighted by Crippen LogP contribution is -2.13. The van der Waals surface area contributed by atoms with Crippen LogP contribution in [0.4, 0.5) is 0 Å². The minimum atomic E-state index is -0.596. The number of nitrogens with one attached hydrogen (secondary N) is 1. The highest BCUT2D eigenvalue weighted by Gasteiger charge is 2.19. The normalized spacial score (nSPS) is 10.6. The van der Waals surface area contributed by atoms with Gasteiger partial charge in [-0.3, -0.25) is 4.79 Å². The summed E-state index contributed by atoms with van der Waals surface area (Å²) in [6.07, 6.45) is 2.12. The van der Waals surface area contributed by atoms with Crippen molar-refractivity contribution in [1.29, 1.82) is 0 Å². The number of benzene rings is 1. The molecule has 0 spiro atoms. The largest absolute Gasteiger partial charge is 0.494 e. The number of unbranched alkanes of at least 4 members (excludes halogenated alkanes) is 1. The third kappa shape index (κ3) is 3.21. The van der Waals surface area contributed by atoms with Crippen LogP contribution in [0, 0.1) is 13.8 Å². The van der Waals surface area contributed by atoms with E-state index in [1.165, 1.54) is 0 Å². The van der Waals surface area contributed by atoms with E-state index in [9.17, 15) is 4.79 Å². The molecule has 2 rings (SSSR count). The number of aromatic amines is 1. The fraction of sp³-hybridized carbons (Fsp3) is 0.400. The summed E-state index contributed by atoms with van der Waals surface area (Å²) in [7, 11) is 0. The molecule has 2 aromatic rings. The fourth-order valence-corrected chi connectivity index (χ4v) is 2.29. The minimum Gasteiger partial charge on any atom is -0.494 e. The van der Waals surface area contributed by atoms with Crippen molar-refractivity contribution in [3.8, 4) is 17.0 Å². The maximum atomic E-state index is 11.4. The van der Waals surface area contributed by atoms with Gasteiger partial charge in [0.2, 0.25) is 0 Å². The van der Waals surface area contributed by atoms with Crippen molar-refractivity contribution in [3.05, 3.63) is 29.0 Å². The van der Waals surface area contributed by atoms with Crippen molar-refractivity contribution in [3.63, 3.8) is 0 Å². The van der Waals surface area contributed by atoms with Crippen LogP contribution in [0.25, 0.3) is 11.3 Å². The topological polar surface area (TPSA) is 93.9 Å². The van der Waals surface area contributed by atoms with Gasteiger partial charge in [-0.25, -0.2) is 0 Å². The average molecular weight is 288 g/mol. The maximum absolute atomic E-state index is 11.4. The van der Waals surface area contributed by atoms with Crippen molar-refractivity contribution in [1.82, 2.24) is 15.4 Å². The Morgan fingerprint density at radius 2 is 1.95 bits per heavy atom. The molecule has 0 saturated carbocycles. The Hall–Kier alpha value is -2.37. The number of primary amides is 1. The first-order valence-electron chi connectivity index (χ1n) is 6.99. The molecule has 0 saturated heterocycles. The zero-order valence-electron chi connectivity index (χ0n) is 12.6. The van der Waals surface area contributed by atoms with Crippen molar-refractivity contribution in [2.75, 3.05) is 6.61 Å². The van der Waals surface area contributed by atoms with Gasteiger partial charge >= 0.3 is 0 Å². The van der Waals surface area contributed by atoms with Crippen LogP contribution in [0.2, 0.25) is 0 Å². The molecule has 1 aromatic carbocycles. The van der Waals surface area contributed by atoms with Crippen LogP contribution in [0.5, 0.6) is 5.75 Å². The second-order valence-corrected chi connectivity index (χ2v) is 5.02. The number of hydrogen-bond donors (Lipinski definition) is 2. The summed E-state index contributed by atoms with van der Waals surface area (Å²) in [6.45, 7) is 6.73. The number of nitrogens with two attached hydrogens (primary N) is 1. The van der Waals surface area contributed by atoms with Crippen molar-refractivity contribution in [2.24, 2.45) is 5.73 Å². The molecule has 0 aliphatic carbocycles. The summed E-state index contributed by atoms with van der Waals surface area (Å²) < 4.78 is 5.72. The van der Waals surface area contributed by atoms with Crippen LogP contribution in [0.1, 0.15) is 41.4 Å². The van der Waals surface area contributed by atoms with E-state index in [1.54, 1.807) is 0 Å². The van der Waals surface area contributed by atoms with Crippen LogP contribution < -0.4 is 10.5 Å². The number of hydrogen-bond acceptors (Lipinski definition) is 4. The van der Waals surface area contributed by atoms with E-state index in [2.05, 4.69) is 22.3 Å². The van der Waals surface area contributed by atoms with E-state index in [4.69, 9.17) is 10.5 Å². The zero-order valence-corrected chi connectivity index (χ0v) is 12.6. The second-order valence-electron chi connectivity index (χ2n) is 5.02. The number of carbonyl (C=O) groups excluding carboxylic acids is 1. The van der Waals surface area contributed by atoms with E-state index >= 15 is 0 Å². The fourth-order valence-electron chi connectivity index (χ4n) is 2.29. The summed E-state index contributed by atoms with van der Waals surface area (Å²) in [5.41, 5.74) is 8.76. The van der Waals surface area contributed by atoms with Crippen molar-refractivity contribution < 1.29 is 9.53 Å². The van der Waals surface area contributed by atoms with Gasteiger partial charge in [0, 0.05) is 5.56 Å². The molecule has 0 atom stereocenters. The second kappa shape index (κ2) is 6.39. The van der Waals surface area contributed by atoms with Gasteiger partial charge < -0.3 is 10.5 Å². The van der Waals surface area contributed by atoms with E-state index in [1.807, 2.05) is 26.0 Å². The van der Waals surface area contributed by atoms with E-state index in [0.717, 1.165) is 35.3 Å². The molecular weight excluding hydrogens is 268 g/mol. The Balaban J connectivity index is 2.37. The quantitative estimate of drug-likeness (QED) is 0.798. The molecule has 21 heavy (non-hydrogen) atoms. The first-order valence-corrected chi connectivity index (χ1v) is 6.99. The van der Waals surface area contributed by atoms with E-state index in [-0.39, 0.29) is 5.69 Å². The third-order valence-corrected chi connectivity index (χ3v) is 3.29. The predicted octanol–water partition coefficient (Wildman–Crippen LogP) is 2.37. The molecule has 0 unspecified atom stereocenters. The van der Waals surface area contributed by atoms with Gasteiger partial charge in [-0.1, -0.05) is 13.3 Å². The smallest absolute Gasteiger partial charge is 0.271 e. The lowest BCUT2D eigenvalue weighted by Gasteiger charge is -2.12. The molecule has 3 N–H and O–H groups in total. The van der Waals surface area contributed by atoms with Crippen molar-refractivity contribution in [2.45, 2.75) is 33.6 Å². The number of aryl methyl sites for hydroxylation is 2. The Morgan fingerprint density at radius 3 is 2.52 bits per heavy atom. The van der Waals surface area contributed by atoms with Gasteiger partial charge in [0.25, 0.3) is 5.91 Å². The van der Waals surface area contributed by atoms with E-state index in [0.29, 0.717) is 12.3 Å². The summed E-state index contributed by atoms with van der Waals surface area (Å²) in [6, 6.07) is 3.88. The van der Waals surface area contributed by atoms with E-state index < -0.39 is 5.91 Å². The van der Waals surface area contributed by atoms with Gasteiger partial charge in [-0.2, -0.15) is 15.4 Å². The molecule has 1 heterocycles. The number of rotatable bonds is 6. The number of ether oxygens (including phenoxy) is 1. The molecule has 0 aliphatic rings. The highest BCUT2D eigenvalue weighted by Crippen LogP contribution is 2.31. The third-order valence-electron chi connectivity index (χ3n) is 3.29. The summed E-state index contributed by atoms with van der Waals surface area (Å²) in [4.78, 5) is 11.4.